The standard InChI is InChI=1S/C16H12BrNO/c17-13-8-6-11-7-9-14(18-15(11)10-13)16(19)12-4-2-1-3-5-12/h1-10,16,19H/t16-/m1/s1. The highest BCUT2D eigenvalue weighted by atomic mass is 79.9. The van der Waals surface area contributed by atoms with Crippen LogP contribution in [0.3, 0.4) is 0 Å². The lowest BCUT2D eigenvalue weighted by Crippen LogP contribution is -2.02. The summed E-state index contributed by atoms with van der Waals surface area (Å²) in [6, 6.07) is 19.4. The van der Waals surface area contributed by atoms with Gasteiger partial charge in [-0.3, -0.25) is 0 Å². The van der Waals surface area contributed by atoms with Crippen LogP contribution in [0.2, 0.25) is 0 Å². The number of benzene rings is 2. The van der Waals surface area contributed by atoms with Crippen molar-refractivity contribution in [2.24, 2.45) is 0 Å². The first-order valence-electron chi connectivity index (χ1n) is 6.03. The van der Waals surface area contributed by atoms with Crippen LogP contribution in [-0.4, -0.2) is 10.1 Å². The van der Waals surface area contributed by atoms with Crippen LogP contribution in [0.1, 0.15) is 17.4 Å². The SMILES string of the molecule is O[C@H](c1ccccc1)c1ccc2ccc(Br)cc2n1. The minimum atomic E-state index is -0.690. The van der Waals surface area contributed by atoms with Crippen molar-refractivity contribution < 1.29 is 5.11 Å². The number of hydrogen-bond donors (Lipinski definition) is 1. The van der Waals surface area contributed by atoms with Crippen LogP contribution in [0, 0.1) is 0 Å². The van der Waals surface area contributed by atoms with Gasteiger partial charge in [-0.1, -0.05) is 58.4 Å². The summed E-state index contributed by atoms with van der Waals surface area (Å²) in [5, 5.41) is 11.4. The molecule has 0 unspecified atom stereocenters. The molecule has 0 saturated heterocycles. The number of nitrogens with zero attached hydrogens (tertiary/aromatic N) is 1. The van der Waals surface area contributed by atoms with Crippen molar-refractivity contribution in [3.8, 4) is 0 Å². The zero-order valence-electron chi connectivity index (χ0n) is 10.1. The van der Waals surface area contributed by atoms with Crippen molar-refractivity contribution in [2.45, 2.75) is 6.10 Å². The summed E-state index contributed by atoms with van der Waals surface area (Å²) in [5.74, 6) is 0. The lowest BCUT2D eigenvalue weighted by atomic mass is 10.1. The predicted octanol–water partition coefficient (Wildman–Crippen LogP) is 4.08. The third-order valence-corrected chi connectivity index (χ3v) is 3.56. The van der Waals surface area contributed by atoms with Crippen LogP contribution in [0.25, 0.3) is 10.9 Å². The maximum atomic E-state index is 10.3. The average molecular weight is 314 g/mol. The van der Waals surface area contributed by atoms with E-state index in [4.69, 9.17) is 0 Å². The van der Waals surface area contributed by atoms with Crippen molar-refractivity contribution in [3.63, 3.8) is 0 Å². The molecule has 3 rings (SSSR count). The van der Waals surface area contributed by atoms with Crippen LogP contribution < -0.4 is 0 Å². The Hall–Kier alpha value is -1.71. The summed E-state index contributed by atoms with van der Waals surface area (Å²) in [6.07, 6.45) is -0.690. The van der Waals surface area contributed by atoms with Crippen LogP contribution >= 0.6 is 15.9 Å². The molecule has 1 heterocycles. The fraction of sp³-hybridized carbons (Fsp3) is 0.0625. The van der Waals surface area contributed by atoms with E-state index in [-0.39, 0.29) is 0 Å². The Balaban J connectivity index is 2.05. The molecular weight excluding hydrogens is 302 g/mol. The van der Waals surface area contributed by atoms with Gasteiger partial charge in [0.25, 0.3) is 0 Å². The largest absolute Gasteiger partial charge is 0.382 e. The zero-order chi connectivity index (χ0) is 13.2. The van der Waals surface area contributed by atoms with Crippen molar-refractivity contribution >= 4 is 26.8 Å². The molecule has 0 aliphatic heterocycles. The number of hydrogen-bond acceptors (Lipinski definition) is 2. The number of aliphatic hydroxyl groups excluding tert-OH is 1. The molecule has 19 heavy (non-hydrogen) atoms. The highest BCUT2D eigenvalue weighted by Gasteiger charge is 2.11. The first-order valence-corrected chi connectivity index (χ1v) is 6.82. The van der Waals surface area contributed by atoms with Gasteiger partial charge < -0.3 is 5.11 Å². The van der Waals surface area contributed by atoms with E-state index >= 15 is 0 Å². The maximum absolute atomic E-state index is 10.3. The molecule has 0 aliphatic rings. The van der Waals surface area contributed by atoms with Crippen LogP contribution in [0.5, 0.6) is 0 Å². The Morgan fingerprint density at radius 1 is 0.947 bits per heavy atom. The Bertz CT molecular complexity index is 712. The fourth-order valence-corrected chi connectivity index (χ4v) is 2.41. The summed E-state index contributed by atoms with van der Waals surface area (Å²) >= 11 is 3.44. The summed E-state index contributed by atoms with van der Waals surface area (Å²) in [5.41, 5.74) is 2.39. The summed E-state index contributed by atoms with van der Waals surface area (Å²) < 4.78 is 0.985. The molecule has 2 aromatic carbocycles. The van der Waals surface area contributed by atoms with Gasteiger partial charge >= 0.3 is 0 Å². The number of fused-ring (bicyclic) bond motifs is 1. The fourth-order valence-electron chi connectivity index (χ4n) is 2.06. The second kappa shape index (κ2) is 5.11. The Morgan fingerprint density at radius 3 is 2.47 bits per heavy atom. The lowest BCUT2D eigenvalue weighted by molar-refractivity contribution is 0.216. The monoisotopic (exact) mass is 313 g/mol. The second-order valence-electron chi connectivity index (χ2n) is 4.39. The third kappa shape index (κ3) is 2.53. The molecule has 0 fully saturated rings. The van der Waals surface area contributed by atoms with Gasteiger partial charge in [0.15, 0.2) is 0 Å². The molecule has 0 bridgehead atoms. The highest BCUT2D eigenvalue weighted by molar-refractivity contribution is 9.10. The topological polar surface area (TPSA) is 33.1 Å². The van der Waals surface area contributed by atoms with Gasteiger partial charge in [-0.25, -0.2) is 4.98 Å². The number of rotatable bonds is 2. The minimum absolute atomic E-state index is 0.664. The number of aromatic nitrogens is 1. The Kier molecular flexibility index (Phi) is 3.32. The lowest BCUT2D eigenvalue weighted by Gasteiger charge is -2.11. The molecule has 0 amide bonds. The number of halogens is 1. The molecule has 0 spiro atoms. The average Bonchev–Trinajstić information content (AvgIpc) is 2.46. The van der Waals surface area contributed by atoms with Crippen LogP contribution in [-0.2, 0) is 0 Å². The van der Waals surface area contributed by atoms with Crippen molar-refractivity contribution in [2.75, 3.05) is 0 Å². The van der Waals surface area contributed by atoms with E-state index in [0.717, 1.165) is 20.9 Å². The van der Waals surface area contributed by atoms with E-state index < -0.39 is 6.10 Å². The van der Waals surface area contributed by atoms with Gasteiger partial charge in [-0.2, -0.15) is 0 Å². The number of aliphatic hydroxyl groups is 1. The second-order valence-corrected chi connectivity index (χ2v) is 5.30. The molecule has 1 atom stereocenters. The normalized spacial score (nSPS) is 12.5. The van der Waals surface area contributed by atoms with Crippen molar-refractivity contribution in [1.29, 1.82) is 0 Å². The molecule has 0 aliphatic carbocycles. The van der Waals surface area contributed by atoms with Crippen molar-refractivity contribution in [3.05, 3.63) is 76.4 Å². The van der Waals surface area contributed by atoms with E-state index in [1.165, 1.54) is 0 Å². The first kappa shape index (κ1) is 12.3. The Morgan fingerprint density at radius 2 is 1.68 bits per heavy atom. The molecule has 3 aromatic rings. The minimum Gasteiger partial charge on any atom is -0.382 e. The van der Waals surface area contributed by atoms with E-state index in [2.05, 4.69) is 20.9 Å². The molecule has 1 aromatic heterocycles. The molecule has 1 N–H and O–H groups in total. The Labute approximate surface area is 119 Å². The van der Waals surface area contributed by atoms with Gasteiger partial charge in [0.2, 0.25) is 0 Å². The van der Waals surface area contributed by atoms with Gasteiger partial charge in [0, 0.05) is 9.86 Å². The van der Waals surface area contributed by atoms with E-state index in [1.807, 2.05) is 60.7 Å². The summed E-state index contributed by atoms with van der Waals surface area (Å²) in [6.45, 7) is 0. The quantitative estimate of drug-likeness (QED) is 0.773. The van der Waals surface area contributed by atoms with Gasteiger partial charge in [-0.05, 0) is 23.8 Å². The molecule has 0 radical (unpaired) electrons. The smallest absolute Gasteiger partial charge is 0.121 e. The van der Waals surface area contributed by atoms with Crippen molar-refractivity contribution in [1.82, 2.24) is 4.98 Å². The van der Waals surface area contributed by atoms with Gasteiger partial charge in [0.05, 0.1) is 11.2 Å². The van der Waals surface area contributed by atoms with E-state index in [1.54, 1.807) is 0 Å². The van der Waals surface area contributed by atoms with Crippen LogP contribution in [0.15, 0.2) is 65.1 Å². The molecule has 94 valence electrons. The zero-order valence-corrected chi connectivity index (χ0v) is 11.7. The summed E-state index contributed by atoms with van der Waals surface area (Å²) in [4.78, 5) is 4.53. The maximum Gasteiger partial charge on any atom is 0.121 e. The van der Waals surface area contributed by atoms with Gasteiger partial charge in [-0.15, -0.1) is 0 Å². The van der Waals surface area contributed by atoms with E-state index in [0.29, 0.717) is 5.69 Å². The highest BCUT2D eigenvalue weighted by Crippen LogP contribution is 2.24. The molecular formula is C16H12BrNO. The van der Waals surface area contributed by atoms with Crippen LogP contribution in [0.4, 0.5) is 0 Å². The first-order chi connectivity index (χ1) is 9.24. The van der Waals surface area contributed by atoms with E-state index in [9.17, 15) is 5.11 Å². The third-order valence-electron chi connectivity index (χ3n) is 3.07. The molecule has 2 nitrogen and oxygen atoms in total. The molecule has 3 heteroatoms. The number of pyridine rings is 1. The predicted molar refractivity (Wildman–Crippen MR) is 79.9 cm³/mol. The van der Waals surface area contributed by atoms with Gasteiger partial charge in [0.1, 0.15) is 6.10 Å². The summed E-state index contributed by atoms with van der Waals surface area (Å²) in [7, 11) is 0. The molecule has 0 saturated carbocycles.